The lowest BCUT2D eigenvalue weighted by atomic mass is 10.0. The highest BCUT2D eigenvalue weighted by Gasteiger charge is 2.20. The van der Waals surface area contributed by atoms with Gasteiger partial charge < -0.3 is 36.0 Å². The largest absolute Gasteiger partial charge is 0.349 e. The monoisotopic (exact) mass is 1570 g/mol. The smallest absolute Gasteiger partial charge is 0.226 e. The van der Waals surface area contributed by atoms with Gasteiger partial charge in [-0.05, 0) is 169 Å². The number of thiophene rings is 4. The van der Waals surface area contributed by atoms with Crippen molar-refractivity contribution in [3.8, 4) is 42.8 Å². The molecular weight excluding hydrogens is 1470 g/mol. The number of benzene rings is 4. The molecule has 12 rings (SSSR count). The number of ketones is 1. The van der Waals surface area contributed by atoms with Crippen molar-refractivity contribution in [2.75, 3.05) is 63.6 Å². The van der Waals surface area contributed by atoms with Crippen LogP contribution in [0.2, 0.25) is 0 Å². The predicted octanol–water partition coefficient (Wildman–Crippen LogP) is 19.8. The number of anilines is 8. The fourth-order valence-electron chi connectivity index (χ4n) is 11.6. The molecule has 8 aromatic heterocycles. The van der Waals surface area contributed by atoms with E-state index < -0.39 is 0 Å². The van der Waals surface area contributed by atoms with Crippen LogP contribution >= 0.6 is 45.3 Å². The Balaban J connectivity index is 0.000000171. The molecule has 12 aromatic rings. The van der Waals surface area contributed by atoms with Crippen LogP contribution in [0.4, 0.5) is 46.0 Å². The average Bonchev–Trinajstić information content (AvgIpc) is 1.33. The van der Waals surface area contributed by atoms with Crippen LogP contribution in [-0.2, 0) is 83.4 Å². The molecule has 4 N–H and O–H groups in total. The Labute approximate surface area is 675 Å². The van der Waals surface area contributed by atoms with Gasteiger partial charge in [0.05, 0.1) is 38.8 Å². The van der Waals surface area contributed by atoms with Crippen LogP contribution in [0.3, 0.4) is 0 Å². The van der Waals surface area contributed by atoms with Crippen molar-refractivity contribution in [2.24, 2.45) is 5.92 Å². The molecule has 0 saturated heterocycles. The Hall–Kier alpha value is -11.2. The lowest BCUT2D eigenvalue weighted by Gasteiger charge is -2.15. The van der Waals surface area contributed by atoms with Crippen molar-refractivity contribution in [3.05, 3.63) is 260 Å². The summed E-state index contributed by atoms with van der Waals surface area (Å²) in [6.07, 6.45) is 10.2. The summed E-state index contributed by atoms with van der Waals surface area (Å²) in [5.41, 5.74) is 16.2. The zero-order valence-electron chi connectivity index (χ0n) is 66.6. The molecule has 3 amide bonds. The highest BCUT2D eigenvalue weighted by atomic mass is 32.1. The number of hydrogen-bond acceptors (Lipinski definition) is 20. The van der Waals surface area contributed by atoms with Crippen LogP contribution < -0.4 is 21.3 Å². The third-order valence-electron chi connectivity index (χ3n) is 18.1. The van der Waals surface area contributed by atoms with Crippen molar-refractivity contribution >= 4 is 115 Å². The second-order valence-electron chi connectivity index (χ2n) is 27.4. The number of aromatic nitrogens is 8. The highest BCUT2D eigenvalue weighted by molar-refractivity contribution is 7.14. The van der Waals surface area contributed by atoms with Crippen molar-refractivity contribution < 1.29 is 19.2 Å². The molecule has 0 radical (unpaired) electrons. The van der Waals surface area contributed by atoms with Gasteiger partial charge in [0, 0.05) is 122 Å². The van der Waals surface area contributed by atoms with Crippen molar-refractivity contribution in [2.45, 2.75) is 120 Å². The normalized spacial score (nSPS) is 10.7. The molecule has 0 aliphatic rings. The van der Waals surface area contributed by atoms with Gasteiger partial charge in [-0.3, -0.25) is 19.2 Å². The number of amides is 3. The summed E-state index contributed by atoms with van der Waals surface area (Å²) in [4.78, 5) is 94.7. The standard InChI is InChI=1S/C24H27N3OS.C22H24N4OS.C22H26N4OS.C21H24N4OS/c1-5-8-19-20(6-2)26-24(22-9-7-14-29-22)27-23(19)25-18-12-10-17(11-13-18)15-21(28)16(3)4;1-5-7-18-15(2)23-22(19-8-6-13-28-19)25-21(18)24-17-11-9-16(10-12-17)14-20(27)26(3)4;1-5-17-18(6-2)24-22(19-8-7-13-28-19)25-21(17)23-16-11-9-15(10-12-16)14-20(27)26(3)4;1-5-17-14(2)22-21(18-7-6-12-27-18)24-20(17)23-16-10-8-15(9-11-16)13-19(26)25(3)4/h5,7,9-14,16H,1,6,8,15H2,2-4H3,(H,25,26,27);5-6,8-13H,1,7,14H2,2-4H3,(H,23,24,25);7-13H,5-6,14H2,1-4H3,(H,23,24,25);6-12H,5,13H2,1-4H3,(H,22,23,24). The molecular formula is C89H101N15O4S4. The van der Waals surface area contributed by atoms with E-state index in [1.54, 1.807) is 102 Å². The summed E-state index contributed by atoms with van der Waals surface area (Å²) in [5.74, 6) is 6.84. The lowest BCUT2D eigenvalue weighted by molar-refractivity contribution is -0.128. The number of Topliss-reactive ketones (excluding diaryl/α,β-unsaturated/α-hetero) is 1. The molecule has 0 fully saturated rings. The number of rotatable bonds is 29. The molecule has 0 aliphatic carbocycles. The van der Waals surface area contributed by atoms with E-state index in [0.29, 0.717) is 38.5 Å². The second kappa shape index (κ2) is 41.7. The molecule has 0 bridgehead atoms. The van der Waals surface area contributed by atoms with Crippen LogP contribution in [0.25, 0.3) is 42.8 Å². The number of hydrogen-bond donors (Lipinski definition) is 4. The Bertz CT molecular complexity index is 5070. The number of carbonyl (C=O) groups excluding carboxylic acids is 4. The molecule has 0 saturated carbocycles. The van der Waals surface area contributed by atoms with Crippen molar-refractivity contribution in [3.63, 3.8) is 0 Å². The summed E-state index contributed by atoms with van der Waals surface area (Å²) >= 11 is 6.53. The molecule has 8 heterocycles. The Morgan fingerprint density at radius 1 is 0.366 bits per heavy atom. The SMILES string of the molecule is C=CCc1c(C)nc(-c2cccs2)nc1Nc1ccc(CC(=O)N(C)C)cc1.C=CCc1c(CC)nc(-c2cccs2)nc1Nc1ccc(CC(=O)C(C)C)cc1.CCc1c(C)nc(-c2cccs2)nc1Nc1ccc(CC(=O)N(C)C)cc1.CCc1nc(-c2cccs2)nc(Nc2ccc(CC(=O)N(C)C)cc2)c1CC. The zero-order chi connectivity index (χ0) is 80.4. The zero-order valence-corrected chi connectivity index (χ0v) is 69.8. The lowest BCUT2D eigenvalue weighted by Crippen LogP contribution is -2.23. The number of likely N-dealkylation sites (N-methyl/N-ethyl adjacent to an activating group) is 3. The molecule has 19 nitrogen and oxygen atoms in total. The molecule has 580 valence electrons. The average molecular weight is 1570 g/mol. The maximum Gasteiger partial charge on any atom is 0.226 e. The van der Waals surface area contributed by atoms with Crippen molar-refractivity contribution in [1.82, 2.24) is 54.6 Å². The maximum absolute atomic E-state index is 12.0. The number of aryl methyl sites for hydroxylation is 4. The van der Waals surface area contributed by atoms with E-state index >= 15 is 0 Å². The number of allylic oxidation sites excluding steroid dienone is 2. The minimum atomic E-state index is 0.0541. The van der Waals surface area contributed by atoms with E-state index in [1.807, 2.05) is 207 Å². The Kier molecular flexibility index (Phi) is 31.6. The summed E-state index contributed by atoms with van der Waals surface area (Å²) < 4.78 is 0. The number of carbonyl (C=O) groups is 4. The molecule has 0 unspecified atom stereocenters. The molecule has 112 heavy (non-hydrogen) atoms. The molecule has 0 atom stereocenters. The van der Waals surface area contributed by atoms with E-state index in [-0.39, 0.29) is 29.4 Å². The minimum absolute atomic E-state index is 0.0541. The Morgan fingerprint density at radius 2 is 0.643 bits per heavy atom. The van der Waals surface area contributed by atoms with Gasteiger partial charge in [0.2, 0.25) is 17.7 Å². The van der Waals surface area contributed by atoms with Gasteiger partial charge in [-0.15, -0.1) is 58.5 Å². The molecule has 4 aromatic carbocycles. The third kappa shape index (κ3) is 23.9. The fourth-order valence-corrected chi connectivity index (χ4v) is 14.3. The number of nitrogens with one attached hydrogen (secondary N) is 4. The maximum atomic E-state index is 12.0. The van der Waals surface area contributed by atoms with Gasteiger partial charge in [-0.2, -0.15) is 0 Å². The predicted molar refractivity (Wildman–Crippen MR) is 466 cm³/mol. The molecule has 23 heteroatoms. The van der Waals surface area contributed by atoms with Crippen LogP contribution in [0.15, 0.2) is 192 Å². The fraction of sp³-hybridized carbons (Fsp3) is 0.281. The molecule has 0 aliphatic heterocycles. The first-order valence-corrected chi connectivity index (χ1v) is 41.0. The van der Waals surface area contributed by atoms with Gasteiger partial charge in [0.15, 0.2) is 23.3 Å². The van der Waals surface area contributed by atoms with Gasteiger partial charge in [-0.1, -0.05) is 126 Å². The van der Waals surface area contributed by atoms with Gasteiger partial charge in [-0.25, -0.2) is 39.9 Å². The van der Waals surface area contributed by atoms with E-state index in [2.05, 4.69) is 72.1 Å². The summed E-state index contributed by atoms with van der Waals surface area (Å²) in [6.45, 7) is 24.1. The first-order valence-electron chi connectivity index (χ1n) is 37.5. The topological polar surface area (TPSA) is 229 Å². The molecule has 0 spiro atoms. The summed E-state index contributed by atoms with van der Waals surface area (Å²) in [6, 6.07) is 47.9. The van der Waals surface area contributed by atoms with E-state index in [0.717, 1.165) is 182 Å². The van der Waals surface area contributed by atoms with Gasteiger partial charge >= 0.3 is 0 Å². The van der Waals surface area contributed by atoms with Crippen molar-refractivity contribution in [1.29, 1.82) is 0 Å². The quantitative estimate of drug-likeness (QED) is 0.0320. The van der Waals surface area contributed by atoms with Gasteiger partial charge in [0.1, 0.15) is 29.1 Å². The van der Waals surface area contributed by atoms with E-state index in [1.165, 1.54) is 0 Å². The summed E-state index contributed by atoms with van der Waals surface area (Å²) in [5, 5.41) is 21.9. The second-order valence-corrected chi connectivity index (χ2v) is 31.1. The highest BCUT2D eigenvalue weighted by Crippen LogP contribution is 2.34. The van der Waals surface area contributed by atoms with Crippen LogP contribution in [-0.4, -0.2) is 120 Å². The van der Waals surface area contributed by atoms with Gasteiger partial charge in [0.25, 0.3) is 0 Å². The first kappa shape index (κ1) is 84.8. The van der Waals surface area contributed by atoms with Crippen LogP contribution in [0.1, 0.15) is 109 Å². The Morgan fingerprint density at radius 3 is 0.929 bits per heavy atom. The van der Waals surface area contributed by atoms with E-state index in [9.17, 15) is 19.2 Å². The number of nitrogens with zero attached hydrogens (tertiary/aromatic N) is 11. The van der Waals surface area contributed by atoms with Crippen LogP contribution in [0, 0.1) is 19.8 Å². The first-order chi connectivity index (χ1) is 54.0. The van der Waals surface area contributed by atoms with Crippen LogP contribution in [0.5, 0.6) is 0 Å². The summed E-state index contributed by atoms with van der Waals surface area (Å²) in [7, 11) is 10.6. The van der Waals surface area contributed by atoms with E-state index in [4.69, 9.17) is 29.9 Å². The third-order valence-corrected chi connectivity index (χ3v) is 21.6. The minimum Gasteiger partial charge on any atom is -0.349 e.